The number of aliphatic carboxylic acids is 1. The van der Waals surface area contributed by atoms with E-state index in [9.17, 15) is 9.90 Å². The number of hydrogen-bond acceptors (Lipinski definition) is 3. The highest BCUT2D eigenvalue weighted by atomic mass is 79.9. The summed E-state index contributed by atoms with van der Waals surface area (Å²) in [5.41, 5.74) is 3.85. The van der Waals surface area contributed by atoms with Gasteiger partial charge in [-0.15, -0.1) is 0 Å². The van der Waals surface area contributed by atoms with Crippen LogP contribution in [0.25, 0.3) is 0 Å². The number of ether oxygens (including phenoxy) is 1. The van der Waals surface area contributed by atoms with Crippen molar-refractivity contribution in [3.63, 3.8) is 0 Å². The number of carboxylic acid groups (broad SMARTS) is 1. The molecule has 0 radical (unpaired) electrons. The van der Waals surface area contributed by atoms with Gasteiger partial charge in [0.25, 0.3) is 0 Å². The number of nitrogens with one attached hydrogen (secondary N) is 1. The van der Waals surface area contributed by atoms with Crippen LogP contribution < -0.4 is 10.1 Å². The summed E-state index contributed by atoms with van der Waals surface area (Å²) in [4.78, 5) is 11.2. The van der Waals surface area contributed by atoms with E-state index in [1.807, 2.05) is 0 Å². The molecule has 1 heterocycles. The van der Waals surface area contributed by atoms with Gasteiger partial charge in [0.15, 0.2) is 0 Å². The Kier molecular flexibility index (Phi) is 4.73. The van der Waals surface area contributed by atoms with E-state index in [2.05, 4.69) is 27.3 Å². The van der Waals surface area contributed by atoms with E-state index < -0.39 is 5.97 Å². The van der Waals surface area contributed by atoms with Gasteiger partial charge in [-0.1, -0.05) is 12.5 Å². The fraction of sp³-hybridized carbons (Fsp3) is 0.588. The van der Waals surface area contributed by atoms with Gasteiger partial charge in [0, 0.05) is 18.2 Å². The Morgan fingerprint density at radius 1 is 1.36 bits per heavy atom. The standard InChI is InChI=1S/C17H22BrNO3/c1-22-16-13(14-8-11(9-19-14)17(20)21)7-10-5-3-2-4-6-12(10)15(16)18/h7,11,14,19H,2-6,8-9H2,1H3,(H,20,21). The van der Waals surface area contributed by atoms with Crippen molar-refractivity contribution in [2.75, 3.05) is 13.7 Å². The van der Waals surface area contributed by atoms with Gasteiger partial charge >= 0.3 is 5.97 Å². The van der Waals surface area contributed by atoms with Gasteiger partial charge < -0.3 is 15.2 Å². The van der Waals surface area contributed by atoms with Crippen LogP contribution in [-0.4, -0.2) is 24.7 Å². The van der Waals surface area contributed by atoms with Gasteiger partial charge in [-0.25, -0.2) is 0 Å². The zero-order valence-electron chi connectivity index (χ0n) is 12.8. The van der Waals surface area contributed by atoms with Crippen molar-refractivity contribution in [2.24, 2.45) is 5.92 Å². The van der Waals surface area contributed by atoms with Crippen LogP contribution in [-0.2, 0) is 17.6 Å². The molecule has 2 atom stereocenters. The van der Waals surface area contributed by atoms with Crippen LogP contribution in [0.2, 0.25) is 0 Å². The summed E-state index contributed by atoms with van der Waals surface area (Å²) in [5.74, 6) is -0.167. The number of rotatable bonds is 3. The van der Waals surface area contributed by atoms with Crippen LogP contribution in [0.5, 0.6) is 5.75 Å². The Labute approximate surface area is 139 Å². The first-order valence-electron chi connectivity index (χ1n) is 7.96. The Hall–Kier alpha value is -1.07. The topological polar surface area (TPSA) is 58.6 Å². The maximum Gasteiger partial charge on any atom is 0.307 e. The molecule has 0 bridgehead atoms. The fourth-order valence-corrected chi connectivity index (χ4v) is 4.50. The molecule has 120 valence electrons. The third-order valence-electron chi connectivity index (χ3n) is 4.88. The van der Waals surface area contributed by atoms with Crippen molar-refractivity contribution < 1.29 is 14.6 Å². The summed E-state index contributed by atoms with van der Waals surface area (Å²) in [6.07, 6.45) is 6.51. The Bertz CT molecular complexity index is 588. The van der Waals surface area contributed by atoms with Crippen molar-refractivity contribution >= 4 is 21.9 Å². The van der Waals surface area contributed by atoms with Gasteiger partial charge in [-0.2, -0.15) is 0 Å². The molecule has 2 aliphatic rings. The summed E-state index contributed by atoms with van der Waals surface area (Å²) in [6, 6.07) is 2.30. The van der Waals surface area contributed by atoms with Crippen molar-refractivity contribution in [3.05, 3.63) is 27.2 Å². The number of benzene rings is 1. The molecular weight excluding hydrogens is 346 g/mol. The fourth-order valence-electron chi connectivity index (χ4n) is 3.66. The number of methoxy groups -OCH3 is 1. The molecule has 3 rings (SSSR count). The van der Waals surface area contributed by atoms with E-state index in [-0.39, 0.29) is 12.0 Å². The molecule has 4 nitrogen and oxygen atoms in total. The quantitative estimate of drug-likeness (QED) is 0.803. The molecule has 0 aromatic heterocycles. The average molecular weight is 368 g/mol. The molecule has 2 N–H and O–H groups in total. The lowest BCUT2D eigenvalue weighted by Crippen LogP contribution is -2.18. The van der Waals surface area contributed by atoms with Crippen LogP contribution in [0.4, 0.5) is 0 Å². The second-order valence-corrected chi connectivity index (χ2v) is 7.04. The normalized spacial score (nSPS) is 24.6. The van der Waals surface area contributed by atoms with Crippen LogP contribution in [0.3, 0.4) is 0 Å². The van der Waals surface area contributed by atoms with Crippen LogP contribution in [0.1, 0.15) is 48.4 Å². The lowest BCUT2D eigenvalue weighted by molar-refractivity contribution is -0.141. The summed E-state index contributed by atoms with van der Waals surface area (Å²) in [7, 11) is 1.69. The summed E-state index contributed by atoms with van der Waals surface area (Å²) >= 11 is 3.73. The number of aryl methyl sites for hydroxylation is 1. The maximum absolute atomic E-state index is 11.2. The van der Waals surface area contributed by atoms with Gasteiger partial charge in [-0.05, 0) is 59.2 Å². The molecule has 2 unspecified atom stereocenters. The second kappa shape index (κ2) is 6.59. The molecule has 1 fully saturated rings. The second-order valence-electron chi connectivity index (χ2n) is 6.24. The van der Waals surface area contributed by atoms with Crippen molar-refractivity contribution in [2.45, 2.75) is 44.6 Å². The summed E-state index contributed by atoms with van der Waals surface area (Å²) in [6.45, 7) is 0.526. The Morgan fingerprint density at radius 2 is 2.14 bits per heavy atom. The summed E-state index contributed by atoms with van der Waals surface area (Å²) < 4.78 is 6.72. The minimum atomic E-state index is -0.720. The van der Waals surface area contributed by atoms with Crippen LogP contribution in [0.15, 0.2) is 10.5 Å². The molecule has 0 amide bonds. The predicted octanol–water partition coefficient (Wildman–Crippen LogP) is 3.46. The molecular formula is C17H22BrNO3. The Morgan fingerprint density at radius 3 is 2.82 bits per heavy atom. The number of fused-ring (bicyclic) bond motifs is 1. The number of halogens is 1. The molecule has 1 aromatic carbocycles. The average Bonchev–Trinajstić information content (AvgIpc) is 2.87. The van der Waals surface area contributed by atoms with Crippen LogP contribution >= 0.6 is 15.9 Å². The van der Waals surface area contributed by atoms with E-state index in [4.69, 9.17) is 4.74 Å². The molecule has 22 heavy (non-hydrogen) atoms. The molecule has 1 saturated heterocycles. The first-order chi connectivity index (χ1) is 10.6. The van der Waals surface area contributed by atoms with E-state index in [1.54, 1.807) is 7.11 Å². The largest absolute Gasteiger partial charge is 0.495 e. The van der Waals surface area contributed by atoms with Crippen molar-refractivity contribution in [1.29, 1.82) is 0 Å². The van der Waals surface area contributed by atoms with Gasteiger partial charge in [0.05, 0.1) is 17.5 Å². The van der Waals surface area contributed by atoms with E-state index in [1.165, 1.54) is 30.4 Å². The third-order valence-corrected chi connectivity index (χ3v) is 5.72. The van der Waals surface area contributed by atoms with Gasteiger partial charge in [0.2, 0.25) is 0 Å². The number of carboxylic acids is 1. The van der Waals surface area contributed by atoms with Gasteiger partial charge in [0.1, 0.15) is 5.75 Å². The highest BCUT2D eigenvalue weighted by Crippen LogP contribution is 2.42. The highest BCUT2D eigenvalue weighted by molar-refractivity contribution is 9.10. The lowest BCUT2D eigenvalue weighted by atomic mass is 9.93. The van der Waals surface area contributed by atoms with E-state index >= 15 is 0 Å². The molecule has 1 aliphatic carbocycles. The predicted molar refractivity (Wildman–Crippen MR) is 88.4 cm³/mol. The zero-order chi connectivity index (χ0) is 15.7. The van der Waals surface area contributed by atoms with E-state index in [0.29, 0.717) is 13.0 Å². The Balaban J connectivity index is 1.99. The molecule has 5 heteroatoms. The zero-order valence-corrected chi connectivity index (χ0v) is 14.4. The molecule has 0 spiro atoms. The molecule has 0 saturated carbocycles. The minimum absolute atomic E-state index is 0.0564. The minimum Gasteiger partial charge on any atom is -0.495 e. The highest BCUT2D eigenvalue weighted by Gasteiger charge is 2.33. The third kappa shape index (κ3) is 2.88. The molecule has 1 aliphatic heterocycles. The monoisotopic (exact) mass is 367 g/mol. The van der Waals surface area contributed by atoms with Crippen molar-refractivity contribution in [3.8, 4) is 5.75 Å². The first-order valence-corrected chi connectivity index (χ1v) is 8.75. The number of hydrogen-bond donors (Lipinski definition) is 2. The van der Waals surface area contributed by atoms with Gasteiger partial charge in [-0.3, -0.25) is 4.79 Å². The van der Waals surface area contributed by atoms with Crippen LogP contribution in [0, 0.1) is 5.92 Å². The smallest absolute Gasteiger partial charge is 0.307 e. The lowest BCUT2D eigenvalue weighted by Gasteiger charge is -2.21. The van der Waals surface area contributed by atoms with Crippen molar-refractivity contribution in [1.82, 2.24) is 5.32 Å². The van der Waals surface area contributed by atoms with E-state index in [0.717, 1.165) is 28.6 Å². The SMILES string of the molecule is COc1c(C2CC(C(=O)O)CN2)cc2c(c1Br)CCCCC2. The first kappa shape index (κ1) is 15.8. The maximum atomic E-state index is 11.2. The molecule has 1 aromatic rings. The summed E-state index contributed by atoms with van der Waals surface area (Å²) in [5, 5.41) is 12.6. The number of carbonyl (C=O) groups is 1.